The van der Waals surface area contributed by atoms with Crippen LogP contribution in [0.3, 0.4) is 0 Å². The normalized spacial score (nSPS) is 19.3. The zero-order valence-electron chi connectivity index (χ0n) is 31.2. The van der Waals surface area contributed by atoms with Gasteiger partial charge in [-0.2, -0.15) is 4.31 Å². The number of rotatable bonds is 7. The van der Waals surface area contributed by atoms with Crippen molar-refractivity contribution in [3.05, 3.63) is 59.2 Å². The number of nitrogens with zero attached hydrogens (tertiary/aromatic N) is 4. The lowest BCUT2D eigenvalue weighted by molar-refractivity contribution is -0.138. The number of benzene rings is 2. The number of piperazine rings is 1. The van der Waals surface area contributed by atoms with Crippen molar-refractivity contribution >= 4 is 36.0 Å². The second kappa shape index (κ2) is 13.8. The SMILES string of the molecule is CC(C)(C)OC(=O)N1CCN(c2cccc(C(O[Si](C)(C)C(C)(C)C)C(=O)N3CC4=C(C3)CN(S(=O)(=O)c3ccc5c(c3)OCCO5)C4)c2)CC1. The molecule has 1 saturated heterocycles. The summed E-state index contributed by atoms with van der Waals surface area (Å²) in [7, 11) is -6.20. The molecule has 1 atom stereocenters. The first-order valence-electron chi connectivity index (χ1n) is 17.7. The Balaban J connectivity index is 1.16. The lowest BCUT2D eigenvalue weighted by Gasteiger charge is -2.40. The van der Waals surface area contributed by atoms with Crippen LogP contribution in [-0.4, -0.2) is 114 Å². The Labute approximate surface area is 303 Å². The molecule has 2 aromatic rings. The zero-order valence-corrected chi connectivity index (χ0v) is 33.0. The summed E-state index contributed by atoms with van der Waals surface area (Å²) in [4.78, 5) is 33.1. The third-order valence-corrected chi connectivity index (χ3v) is 16.6. The fourth-order valence-corrected chi connectivity index (χ4v) is 9.09. The highest BCUT2D eigenvalue weighted by atomic mass is 32.2. The van der Waals surface area contributed by atoms with Crippen LogP contribution in [0.4, 0.5) is 10.5 Å². The molecule has 4 aliphatic rings. The smallest absolute Gasteiger partial charge is 0.410 e. The highest BCUT2D eigenvalue weighted by molar-refractivity contribution is 7.89. The summed E-state index contributed by atoms with van der Waals surface area (Å²) in [5, 5.41) is -0.130. The standard InChI is InChI=1S/C37H52N4O8SSi/c1-36(2,3)48-35(43)39-16-14-38(15-17-39)29-11-9-10-26(20-29)33(49-51(7,8)37(4,5)6)34(42)40-22-27-24-41(25-28(27)23-40)50(44,45)30-12-13-31-32(21-30)47-19-18-46-31/h9-13,20-21,33H,14-19,22-25H2,1-8H3. The minimum atomic E-state index is -3.78. The first-order valence-corrected chi connectivity index (χ1v) is 22.1. The van der Waals surface area contributed by atoms with Gasteiger partial charge in [0, 0.05) is 64.1 Å². The largest absolute Gasteiger partial charge is 0.486 e. The molecule has 12 nitrogen and oxygen atoms in total. The predicted octanol–water partition coefficient (Wildman–Crippen LogP) is 5.42. The predicted molar refractivity (Wildman–Crippen MR) is 197 cm³/mol. The molecule has 2 amide bonds. The van der Waals surface area contributed by atoms with Gasteiger partial charge in [-0.3, -0.25) is 4.79 Å². The van der Waals surface area contributed by atoms with Crippen molar-refractivity contribution in [3.63, 3.8) is 0 Å². The second-order valence-electron chi connectivity index (χ2n) is 16.3. The van der Waals surface area contributed by atoms with Crippen LogP contribution >= 0.6 is 0 Å². The fraction of sp³-hybridized carbons (Fsp3) is 0.568. The Morgan fingerprint density at radius 3 is 2.04 bits per heavy atom. The summed E-state index contributed by atoms with van der Waals surface area (Å²) in [5.74, 6) is 0.846. The molecule has 0 aromatic heterocycles. The van der Waals surface area contributed by atoms with Crippen molar-refractivity contribution in [2.75, 3.05) is 70.5 Å². The molecule has 0 N–H and O–H groups in total. The maximum atomic E-state index is 14.5. The molecule has 4 aliphatic heterocycles. The molecule has 14 heteroatoms. The average Bonchev–Trinajstić information content (AvgIpc) is 3.66. The van der Waals surface area contributed by atoms with E-state index in [1.54, 1.807) is 17.0 Å². The van der Waals surface area contributed by atoms with Crippen LogP contribution in [0, 0.1) is 0 Å². The molecule has 51 heavy (non-hydrogen) atoms. The van der Waals surface area contributed by atoms with Gasteiger partial charge in [0.15, 0.2) is 25.9 Å². The van der Waals surface area contributed by atoms with Crippen molar-refractivity contribution in [1.82, 2.24) is 14.1 Å². The van der Waals surface area contributed by atoms with Crippen molar-refractivity contribution in [1.29, 1.82) is 0 Å². The molecule has 0 saturated carbocycles. The van der Waals surface area contributed by atoms with E-state index >= 15 is 0 Å². The number of fused-ring (bicyclic) bond motifs is 1. The summed E-state index contributed by atoms with van der Waals surface area (Å²) < 4.78 is 52.5. The van der Waals surface area contributed by atoms with Gasteiger partial charge in [0.05, 0.1) is 4.90 Å². The lowest BCUT2D eigenvalue weighted by atomic mass is 10.1. The van der Waals surface area contributed by atoms with Gasteiger partial charge in [0.1, 0.15) is 18.8 Å². The second-order valence-corrected chi connectivity index (χ2v) is 23.0. The van der Waals surface area contributed by atoms with Crippen molar-refractivity contribution in [2.45, 2.75) is 76.3 Å². The van der Waals surface area contributed by atoms with Crippen LogP contribution < -0.4 is 14.4 Å². The van der Waals surface area contributed by atoms with Gasteiger partial charge in [-0.25, -0.2) is 13.2 Å². The van der Waals surface area contributed by atoms with Crippen molar-refractivity contribution in [2.24, 2.45) is 0 Å². The van der Waals surface area contributed by atoms with E-state index in [9.17, 15) is 18.0 Å². The van der Waals surface area contributed by atoms with Crippen molar-refractivity contribution < 1.29 is 36.6 Å². The van der Waals surface area contributed by atoms with Gasteiger partial charge in [-0.1, -0.05) is 32.9 Å². The third-order valence-electron chi connectivity index (χ3n) is 10.4. The van der Waals surface area contributed by atoms with Crippen LogP contribution in [0.25, 0.3) is 0 Å². The van der Waals surface area contributed by atoms with Gasteiger partial charge in [-0.05, 0) is 79.9 Å². The number of carbonyl (C=O) groups is 2. The maximum absolute atomic E-state index is 14.5. The first-order chi connectivity index (χ1) is 23.8. The van der Waals surface area contributed by atoms with E-state index in [0.717, 1.165) is 22.4 Å². The van der Waals surface area contributed by atoms with Gasteiger partial charge < -0.3 is 33.3 Å². The summed E-state index contributed by atoms with van der Waals surface area (Å²) in [6, 6.07) is 12.7. The Kier molecular flexibility index (Phi) is 10.0. The van der Waals surface area contributed by atoms with E-state index in [1.165, 1.54) is 10.4 Å². The number of carbonyl (C=O) groups excluding carboxylic acids is 2. The van der Waals surface area contributed by atoms with Gasteiger partial charge in [-0.15, -0.1) is 0 Å². The monoisotopic (exact) mass is 740 g/mol. The minimum Gasteiger partial charge on any atom is -0.486 e. The molecular weight excluding hydrogens is 689 g/mol. The van der Waals surface area contributed by atoms with Gasteiger partial charge in [0.25, 0.3) is 5.91 Å². The molecule has 4 heterocycles. The molecule has 0 spiro atoms. The minimum absolute atomic E-state index is 0.123. The Bertz CT molecular complexity index is 1790. The number of anilines is 1. The van der Waals surface area contributed by atoms with Crippen LogP contribution in [0.2, 0.25) is 18.1 Å². The Morgan fingerprint density at radius 2 is 1.43 bits per heavy atom. The third kappa shape index (κ3) is 7.93. The highest BCUT2D eigenvalue weighted by Gasteiger charge is 2.44. The summed E-state index contributed by atoms with van der Waals surface area (Å²) >= 11 is 0. The number of hydrogen-bond donors (Lipinski definition) is 0. The molecule has 0 bridgehead atoms. The summed E-state index contributed by atoms with van der Waals surface area (Å²) in [6.45, 7) is 20.7. The molecule has 0 radical (unpaired) electrons. The fourth-order valence-electron chi connectivity index (χ4n) is 6.46. The number of sulfonamides is 1. The van der Waals surface area contributed by atoms with Crippen LogP contribution in [0.1, 0.15) is 53.2 Å². The Hall–Kier alpha value is -3.59. The molecular formula is C37H52N4O8SSi. The van der Waals surface area contributed by atoms with Crippen molar-refractivity contribution in [3.8, 4) is 11.5 Å². The van der Waals surface area contributed by atoms with E-state index in [2.05, 4.69) is 38.8 Å². The van der Waals surface area contributed by atoms with E-state index in [0.29, 0.717) is 64.0 Å². The lowest BCUT2D eigenvalue weighted by Crippen LogP contribution is -2.50. The molecule has 2 aromatic carbocycles. The molecule has 1 fully saturated rings. The Morgan fingerprint density at radius 1 is 0.804 bits per heavy atom. The van der Waals surface area contributed by atoms with Crippen LogP contribution in [-0.2, 0) is 24.0 Å². The van der Waals surface area contributed by atoms with Gasteiger partial charge in [0.2, 0.25) is 10.0 Å². The number of amides is 2. The van der Waals surface area contributed by atoms with E-state index < -0.39 is 30.0 Å². The highest BCUT2D eigenvalue weighted by Crippen LogP contribution is 2.42. The van der Waals surface area contributed by atoms with Crippen LogP contribution in [0.15, 0.2) is 58.5 Å². The molecule has 6 rings (SSSR count). The molecule has 0 aliphatic carbocycles. The quantitative estimate of drug-likeness (QED) is 0.271. The van der Waals surface area contributed by atoms with Crippen LogP contribution in [0.5, 0.6) is 11.5 Å². The van der Waals surface area contributed by atoms with E-state index in [1.807, 2.05) is 49.9 Å². The van der Waals surface area contributed by atoms with E-state index in [4.69, 9.17) is 18.6 Å². The maximum Gasteiger partial charge on any atom is 0.410 e. The average molecular weight is 741 g/mol. The zero-order chi connectivity index (χ0) is 36.9. The van der Waals surface area contributed by atoms with E-state index in [-0.39, 0.29) is 35.0 Å². The molecule has 278 valence electrons. The number of hydrogen-bond acceptors (Lipinski definition) is 9. The number of ether oxygens (including phenoxy) is 3. The topological polar surface area (TPSA) is 118 Å². The first kappa shape index (κ1) is 37.2. The summed E-state index contributed by atoms with van der Waals surface area (Å²) in [5.41, 5.74) is 3.10. The summed E-state index contributed by atoms with van der Waals surface area (Å²) in [6.07, 6.45) is -1.12. The molecule has 1 unspecified atom stereocenters. The van der Waals surface area contributed by atoms with Gasteiger partial charge >= 0.3 is 6.09 Å².